The molecule has 0 bridgehead atoms. The summed E-state index contributed by atoms with van der Waals surface area (Å²) in [6, 6.07) is 0. The van der Waals surface area contributed by atoms with E-state index in [0.717, 1.165) is 0 Å². The summed E-state index contributed by atoms with van der Waals surface area (Å²) in [7, 11) is 0. The van der Waals surface area contributed by atoms with Crippen LogP contribution in [0.4, 0.5) is 0 Å². The van der Waals surface area contributed by atoms with Gasteiger partial charge in [-0.25, -0.2) is 0 Å². The third-order valence-corrected chi connectivity index (χ3v) is 0.943. The van der Waals surface area contributed by atoms with Gasteiger partial charge in [0.25, 0.3) is 0 Å². The Morgan fingerprint density at radius 3 is 1.73 bits per heavy atom. The SMILES string of the molecule is OCCOC[CH]COCCO. The van der Waals surface area contributed by atoms with Gasteiger partial charge < -0.3 is 19.7 Å². The Kier molecular flexibility index (Phi) is 9.70. The van der Waals surface area contributed by atoms with Gasteiger partial charge in [-0.2, -0.15) is 0 Å². The molecule has 0 aliphatic carbocycles. The minimum atomic E-state index is 0.0470. The van der Waals surface area contributed by atoms with Crippen LogP contribution >= 0.6 is 0 Å². The number of ether oxygens (including phenoxy) is 2. The van der Waals surface area contributed by atoms with Crippen LogP contribution in [-0.4, -0.2) is 49.9 Å². The Hall–Kier alpha value is -0.160. The van der Waals surface area contributed by atoms with E-state index in [0.29, 0.717) is 26.4 Å². The Labute approximate surface area is 66.7 Å². The largest absolute Gasteiger partial charge is 0.394 e. The molecular formula is C7H15O4. The third-order valence-electron chi connectivity index (χ3n) is 0.943. The van der Waals surface area contributed by atoms with E-state index in [1.54, 1.807) is 6.42 Å². The molecule has 1 radical (unpaired) electrons. The molecule has 0 aromatic heterocycles. The zero-order valence-corrected chi connectivity index (χ0v) is 6.53. The molecule has 0 rings (SSSR count). The summed E-state index contributed by atoms with van der Waals surface area (Å²) in [6.45, 7) is 1.77. The molecule has 0 aliphatic heterocycles. The molecule has 0 aliphatic rings. The van der Waals surface area contributed by atoms with Gasteiger partial charge in [0.05, 0.1) is 39.6 Å². The van der Waals surface area contributed by atoms with Crippen LogP contribution in [0.3, 0.4) is 0 Å². The Morgan fingerprint density at radius 2 is 1.36 bits per heavy atom. The van der Waals surface area contributed by atoms with Crippen molar-refractivity contribution >= 4 is 0 Å². The second-order valence-corrected chi connectivity index (χ2v) is 1.89. The molecule has 0 atom stereocenters. The molecule has 0 spiro atoms. The van der Waals surface area contributed by atoms with Crippen molar-refractivity contribution in [2.75, 3.05) is 39.6 Å². The van der Waals surface area contributed by atoms with Crippen LogP contribution in [0.5, 0.6) is 0 Å². The molecule has 4 nitrogen and oxygen atoms in total. The van der Waals surface area contributed by atoms with Crippen LogP contribution in [-0.2, 0) is 9.47 Å². The van der Waals surface area contributed by atoms with Crippen LogP contribution in [0.1, 0.15) is 0 Å². The van der Waals surface area contributed by atoms with Crippen molar-refractivity contribution in [3.05, 3.63) is 6.42 Å². The highest BCUT2D eigenvalue weighted by molar-refractivity contribution is 4.60. The predicted octanol–water partition coefficient (Wildman–Crippen LogP) is -0.792. The van der Waals surface area contributed by atoms with E-state index in [2.05, 4.69) is 0 Å². The first kappa shape index (κ1) is 10.8. The molecule has 2 N–H and O–H groups in total. The summed E-state index contributed by atoms with van der Waals surface area (Å²) in [5.41, 5.74) is 0. The van der Waals surface area contributed by atoms with Crippen LogP contribution in [0.25, 0.3) is 0 Å². The van der Waals surface area contributed by atoms with Gasteiger partial charge in [-0.3, -0.25) is 0 Å². The minimum absolute atomic E-state index is 0.0470. The highest BCUT2D eigenvalue weighted by atomic mass is 16.5. The zero-order valence-electron chi connectivity index (χ0n) is 6.53. The molecule has 11 heavy (non-hydrogen) atoms. The van der Waals surface area contributed by atoms with E-state index >= 15 is 0 Å². The van der Waals surface area contributed by atoms with Crippen LogP contribution in [0.2, 0.25) is 0 Å². The summed E-state index contributed by atoms with van der Waals surface area (Å²) in [5.74, 6) is 0. The summed E-state index contributed by atoms with van der Waals surface area (Å²) >= 11 is 0. The van der Waals surface area contributed by atoms with Crippen molar-refractivity contribution in [3.8, 4) is 0 Å². The minimum Gasteiger partial charge on any atom is -0.394 e. The summed E-state index contributed by atoms with van der Waals surface area (Å²) < 4.78 is 9.83. The van der Waals surface area contributed by atoms with E-state index in [4.69, 9.17) is 19.7 Å². The van der Waals surface area contributed by atoms with Gasteiger partial charge >= 0.3 is 0 Å². The van der Waals surface area contributed by atoms with E-state index in [-0.39, 0.29) is 13.2 Å². The van der Waals surface area contributed by atoms with E-state index < -0.39 is 0 Å². The van der Waals surface area contributed by atoms with Crippen molar-refractivity contribution in [1.82, 2.24) is 0 Å². The maximum atomic E-state index is 8.30. The van der Waals surface area contributed by atoms with Gasteiger partial charge in [-0.15, -0.1) is 0 Å². The molecule has 0 aromatic carbocycles. The van der Waals surface area contributed by atoms with Gasteiger partial charge in [-0.1, -0.05) is 0 Å². The van der Waals surface area contributed by atoms with Gasteiger partial charge in [0.15, 0.2) is 0 Å². The van der Waals surface area contributed by atoms with Crippen molar-refractivity contribution < 1.29 is 19.7 Å². The number of rotatable bonds is 8. The van der Waals surface area contributed by atoms with Gasteiger partial charge in [0, 0.05) is 6.42 Å². The lowest BCUT2D eigenvalue weighted by Crippen LogP contribution is -2.06. The number of aliphatic hydroxyl groups is 2. The fourth-order valence-corrected chi connectivity index (χ4v) is 0.511. The number of hydrogen-bond acceptors (Lipinski definition) is 4. The van der Waals surface area contributed by atoms with Gasteiger partial charge in [0.2, 0.25) is 0 Å². The molecule has 0 unspecified atom stereocenters. The standard InChI is InChI=1S/C7H15O4/c8-2-6-10-4-1-5-11-7-3-9/h1,8-9H,2-7H2. The lowest BCUT2D eigenvalue weighted by Gasteiger charge is -2.01. The van der Waals surface area contributed by atoms with Crippen molar-refractivity contribution in [2.45, 2.75) is 0 Å². The third kappa shape index (κ3) is 9.84. The van der Waals surface area contributed by atoms with Crippen molar-refractivity contribution in [3.63, 3.8) is 0 Å². The average molecular weight is 163 g/mol. The molecule has 67 valence electrons. The molecule has 0 aromatic rings. The van der Waals surface area contributed by atoms with E-state index in [1.165, 1.54) is 0 Å². The molecule has 0 fully saturated rings. The summed E-state index contributed by atoms with van der Waals surface area (Å²) in [5, 5.41) is 16.6. The smallest absolute Gasteiger partial charge is 0.0697 e. The Balaban J connectivity index is 2.69. The lowest BCUT2D eigenvalue weighted by atomic mass is 10.5. The first-order chi connectivity index (χ1) is 5.41. The fourth-order valence-electron chi connectivity index (χ4n) is 0.511. The first-order valence-corrected chi connectivity index (χ1v) is 3.60. The quantitative estimate of drug-likeness (QED) is 0.460. The van der Waals surface area contributed by atoms with Gasteiger partial charge in [0.1, 0.15) is 0 Å². The Morgan fingerprint density at radius 1 is 0.909 bits per heavy atom. The molecule has 0 saturated carbocycles. The van der Waals surface area contributed by atoms with Crippen molar-refractivity contribution in [1.29, 1.82) is 0 Å². The topological polar surface area (TPSA) is 58.9 Å². The van der Waals surface area contributed by atoms with E-state index in [9.17, 15) is 0 Å². The molecule has 0 saturated heterocycles. The van der Waals surface area contributed by atoms with Crippen LogP contribution in [0, 0.1) is 6.42 Å². The summed E-state index contributed by atoms with van der Waals surface area (Å²) in [6.07, 6.45) is 1.80. The highest BCUT2D eigenvalue weighted by Gasteiger charge is 1.88. The second kappa shape index (κ2) is 9.84. The first-order valence-electron chi connectivity index (χ1n) is 3.60. The van der Waals surface area contributed by atoms with Gasteiger partial charge in [-0.05, 0) is 0 Å². The molecular weight excluding hydrogens is 148 g/mol. The zero-order chi connectivity index (χ0) is 8.36. The maximum absolute atomic E-state index is 8.30. The lowest BCUT2D eigenvalue weighted by molar-refractivity contribution is 0.0777. The predicted molar refractivity (Wildman–Crippen MR) is 40.1 cm³/mol. The number of hydrogen-bond donors (Lipinski definition) is 2. The molecule has 4 heteroatoms. The van der Waals surface area contributed by atoms with E-state index in [1.807, 2.05) is 0 Å². The normalized spacial score (nSPS) is 10.4. The number of aliphatic hydroxyl groups excluding tert-OH is 2. The monoisotopic (exact) mass is 163 g/mol. The fraction of sp³-hybridized carbons (Fsp3) is 0.857. The maximum Gasteiger partial charge on any atom is 0.0697 e. The van der Waals surface area contributed by atoms with Crippen molar-refractivity contribution in [2.24, 2.45) is 0 Å². The summed E-state index contributed by atoms with van der Waals surface area (Å²) in [4.78, 5) is 0. The second-order valence-electron chi connectivity index (χ2n) is 1.89. The molecule has 0 heterocycles. The molecule has 0 amide bonds. The highest BCUT2D eigenvalue weighted by Crippen LogP contribution is 1.82. The average Bonchev–Trinajstić information content (AvgIpc) is 2.03. The Bertz CT molecular complexity index is 59.5. The van der Waals surface area contributed by atoms with Crippen LogP contribution < -0.4 is 0 Å². The van der Waals surface area contributed by atoms with Crippen LogP contribution in [0.15, 0.2) is 0 Å².